The van der Waals surface area contributed by atoms with E-state index in [2.05, 4.69) is 22.0 Å². The Balaban J connectivity index is 1.48. The molecular weight excluding hydrogens is 334 g/mol. The van der Waals surface area contributed by atoms with Crippen molar-refractivity contribution in [1.82, 2.24) is 14.8 Å². The molecule has 0 unspecified atom stereocenters. The number of likely N-dealkylation sites (tertiary alicyclic amines) is 1. The normalized spacial score (nSPS) is 21.5. The van der Waals surface area contributed by atoms with Gasteiger partial charge in [-0.3, -0.25) is 9.69 Å². The van der Waals surface area contributed by atoms with Crippen molar-refractivity contribution < 1.29 is 14.7 Å². The van der Waals surface area contributed by atoms with Gasteiger partial charge in [0, 0.05) is 49.8 Å². The molecule has 1 fully saturated rings. The highest BCUT2D eigenvalue weighted by Crippen LogP contribution is 2.25. The molecule has 3 rings (SSSR count). The fourth-order valence-electron chi connectivity index (χ4n) is 2.91. The van der Waals surface area contributed by atoms with Gasteiger partial charge in [0.15, 0.2) is 10.0 Å². The Kier molecular flexibility index (Phi) is 5.34. The molecule has 0 radical (unpaired) electrons. The summed E-state index contributed by atoms with van der Waals surface area (Å²) in [5, 5.41) is 10.4. The first-order valence-electron chi connectivity index (χ1n) is 7.62. The maximum atomic E-state index is 12.1. The van der Waals surface area contributed by atoms with Crippen molar-refractivity contribution in [2.24, 2.45) is 0 Å². The summed E-state index contributed by atoms with van der Waals surface area (Å²) in [7, 11) is 0. The Bertz CT molecular complexity index is 609. The van der Waals surface area contributed by atoms with Crippen LogP contribution in [0.25, 0.3) is 0 Å². The molecule has 1 aromatic rings. The van der Waals surface area contributed by atoms with E-state index in [1.54, 1.807) is 5.38 Å². The van der Waals surface area contributed by atoms with Crippen LogP contribution >= 0.6 is 23.1 Å². The van der Waals surface area contributed by atoms with Crippen LogP contribution in [0.1, 0.15) is 23.3 Å². The van der Waals surface area contributed by atoms with Gasteiger partial charge in [-0.15, -0.1) is 11.3 Å². The van der Waals surface area contributed by atoms with Gasteiger partial charge < -0.3 is 10.0 Å². The highest BCUT2D eigenvalue weighted by Gasteiger charge is 2.31. The number of rotatable bonds is 7. The van der Waals surface area contributed by atoms with E-state index in [0.29, 0.717) is 19.0 Å². The highest BCUT2D eigenvalue weighted by atomic mass is 32.2. The zero-order chi connectivity index (χ0) is 16.2. The number of carboxylic acids is 1. The molecule has 1 saturated heterocycles. The zero-order valence-corrected chi connectivity index (χ0v) is 14.3. The minimum absolute atomic E-state index is 0.0918. The molecular formula is C15H19N3O3S2. The summed E-state index contributed by atoms with van der Waals surface area (Å²) in [5.41, 5.74) is 0.0918. The summed E-state index contributed by atoms with van der Waals surface area (Å²) in [6.07, 6.45) is 5.90. The first-order valence-corrected chi connectivity index (χ1v) is 9.48. The van der Waals surface area contributed by atoms with E-state index < -0.39 is 5.97 Å². The van der Waals surface area contributed by atoms with E-state index in [4.69, 9.17) is 5.11 Å². The van der Waals surface area contributed by atoms with Gasteiger partial charge in [0.2, 0.25) is 5.91 Å². The van der Waals surface area contributed by atoms with E-state index in [1.165, 1.54) is 23.1 Å². The molecule has 2 aliphatic heterocycles. The van der Waals surface area contributed by atoms with Gasteiger partial charge in [-0.25, -0.2) is 9.78 Å². The second-order valence-corrected chi connectivity index (χ2v) is 7.82. The number of hydrogen-bond acceptors (Lipinski definition) is 6. The lowest BCUT2D eigenvalue weighted by atomic mass is 10.2. The van der Waals surface area contributed by atoms with Crippen molar-refractivity contribution >= 4 is 35.0 Å². The number of hydrogen-bond donors (Lipinski definition) is 1. The predicted octanol–water partition coefficient (Wildman–Crippen LogP) is 1.80. The van der Waals surface area contributed by atoms with E-state index in [1.807, 2.05) is 4.90 Å². The molecule has 8 heteroatoms. The van der Waals surface area contributed by atoms with Gasteiger partial charge in [0.25, 0.3) is 0 Å². The van der Waals surface area contributed by atoms with Gasteiger partial charge in [0.05, 0.1) is 0 Å². The van der Waals surface area contributed by atoms with Crippen molar-refractivity contribution in [3.8, 4) is 0 Å². The molecule has 0 bridgehead atoms. The Morgan fingerprint density at radius 2 is 2.22 bits per heavy atom. The number of carbonyl (C=O) groups excluding carboxylic acids is 1. The highest BCUT2D eigenvalue weighted by molar-refractivity contribution is 8.01. The number of carboxylic acid groups (broad SMARTS) is 1. The zero-order valence-electron chi connectivity index (χ0n) is 12.7. The summed E-state index contributed by atoms with van der Waals surface area (Å²) in [6.45, 7) is 3.58. The summed E-state index contributed by atoms with van der Waals surface area (Å²) < 4.78 is 0.745. The number of thioether (sulfide) groups is 1. The summed E-state index contributed by atoms with van der Waals surface area (Å²) >= 11 is 2.86. The van der Waals surface area contributed by atoms with Crippen LogP contribution in [0.3, 0.4) is 0 Å². The smallest absolute Gasteiger partial charge is 0.355 e. The fourth-order valence-corrected chi connectivity index (χ4v) is 4.72. The quantitative estimate of drug-likeness (QED) is 0.595. The Hall–Kier alpha value is -1.38. The molecule has 0 aromatic carbocycles. The van der Waals surface area contributed by atoms with Crippen LogP contribution in [0.5, 0.6) is 0 Å². The second-order valence-electron chi connectivity index (χ2n) is 5.62. The Labute approximate surface area is 143 Å². The second kappa shape index (κ2) is 7.46. The molecule has 23 heavy (non-hydrogen) atoms. The van der Waals surface area contributed by atoms with Gasteiger partial charge >= 0.3 is 5.97 Å². The van der Waals surface area contributed by atoms with E-state index in [9.17, 15) is 9.59 Å². The van der Waals surface area contributed by atoms with Crippen molar-refractivity contribution in [3.05, 3.63) is 23.2 Å². The molecule has 2 aliphatic rings. The number of aromatic carboxylic acids is 1. The topological polar surface area (TPSA) is 73.7 Å². The minimum Gasteiger partial charge on any atom is -0.476 e. The number of aromatic nitrogens is 1. The number of amides is 1. The maximum Gasteiger partial charge on any atom is 0.355 e. The third kappa shape index (κ3) is 4.13. The molecule has 1 N–H and O–H groups in total. The lowest BCUT2D eigenvalue weighted by molar-refractivity contribution is -0.128. The SMILES string of the molecule is O=C(O)c1csc(SCCN2C(=O)CC[C@@H]2CN2CC=CC2)n1. The van der Waals surface area contributed by atoms with E-state index in [0.717, 1.165) is 36.1 Å². The monoisotopic (exact) mass is 353 g/mol. The molecule has 1 amide bonds. The molecule has 6 nitrogen and oxygen atoms in total. The molecule has 1 aromatic heterocycles. The summed E-state index contributed by atoms with van der Waals surface area (Å²) in [6, 6.07) is 0.300. The number of nitrogens with zero attached hydrogens (tertiary/aromatic N) is 3. The Morgan fingerprint density at radius 1 is 1.43 bits per heavy atom. The molecule has 3 heterocycles. The molecule has 0 spiro atoms. The molecule has 0 aliphatic carbocycles. The van der Waals surface area contributed by atoms with Crippen molar-refractivity contribution in [1.29, 1.82) is 0 Å². The summed E-state index contributed by atoms with van der Waals surface area (Å²) in [4.78, 5) is 31.3. The number of carbonyl (C=O) groups is 2. The molecule has 0 saturated carbocycles. The third-order valence-corrected chi connectivity index (χ3v) is 6.08. The fraction of sp³-hybridized carbons (Fsp3) is 0.533. The first kappa shape index (κ1) is 16.5. The lowest BCUT2D eigenvalue weighted by Gasteiger charge is -2.28. The Morgan fingerprint density at radius 3 is 2.91 bits per heavy atom. The summed E-state index contributed by atoms with van der Waals surface area (Å²) in [5.74, 6) is -0.0252. The van der Waals surface area contributed by atoms with E-state index in [-0.39, 0.29) is 11.6 Å². The van der Waals surface area contributed by atoms with Crippen LogP contribution in [0, 0.1) is 0 Å². The van der Waals surface area contributed by atoms with Crippen molar-refractivity contribution in [2.75, 3.05) is 31.9 Å². The molecule has 124 valence electrons. The standard InChI is InChI=1S/C15H19N3O3S2/c19-13-4-3-11(9-17-5-1-2-6-17)18(13)7-8-22-15-16-12(10-23-15)14(20)21/h1-2,10-11H,3-9H2,(H,20,21)/t11-/m1/s1. The molecule has 1 atom stereocenters. The van der Waals surface area contributed by atoms with E-state index >= 15 is 0 Å². The van der Waals surface area contributed by atoms with Gasteiger partial charge in [-0.05, 0) is 6.42 Å². The van der Waals surface area contributed by atoms with Gasteiger partial charge in [-0.2, -0.15) is 0 Å². The average molecular weight is 353 g/mol. The minimum atomic E-state index is -0.998. The number of thiazole rings is 1. The largest absolute Gasteiger partial charge is 0.476 e. The van der Waals surface area contributed by atoms with Crippen molar-refractivity contribution in [2.45, 2.75) is 23.2 Å². The average Bonchev–Trinajstić information content (AvgIpc) is 3.24. The van der Waals surface area contributed by atoms with Crippen LogP contribution in [0.2, 0.25) is 0 Å². The first-order chi connectivity index (χ1) is 11.1. The van der Waals surface area contributed by atoms with Crippen LogP contribution < -0.4 is 0 Å². The lowest BCUT2D eigenvalue weighted by Crippen LogP contribution is -2.42. The van der Waals surface area contributed by atoms with Crippen molar-refractivity contribution in [3.63, 3.8) is 0 Å². The maximum absolute atomic E-state index is 12.1. The van der Waals surface area contributed by atoms with Crippen LogP contribution in [-0.4, -0.2) is 69.7 Å². The third-order valence-electron chi connectivity index (χ3n) is 4.08. The van der Waals surface area contributed by atoms with Gasteiger partial charge in [0.1, 0.15) is 0 Å². The van der Waals surface area contributed by atoms with Gasteiger partial charge in [-0.1, -0.05) is 23.9 Å². The van der Waals surface area contributed by atoms with Crippen LogP contribution in [0.15, 0.2) is 21.9 Å². The van der Waals surface area contributed by atoms with Crippen LogP contribution in [-0.2, 0) is 4.79 Å². The predicted molar refractivity (Wildman–Crippen MR) is 90.1 cm³/mol. The van der Waals surface area contributed by atoms with Crippen LogP contribution in [0.4, 0.5) is 0 Å².